The number of ether oxygens (including phenoxy) is 1. The summed E-state index contributed by atoms with van der Waals surface area (Å²) in [7, 11) is 0. The molecule has 1 aliphatic rings. The van der Waals surface area contributed by atoms with Gasteiger partial charge in [0.15, 0.2) is 0 Å². The average Bonchev–Trinajstić information content (AvgIpc) is 2.69. The van der Waals surface area contributed by atoms with Crippen molar-refractivity contribution in [1.82, 2.24) is 5.32 Å². The first kappa shape index (κ1) is 17.5. The van der Waals surface area contributed by atoms with Gasteiger partial charge in [-0.1, -0.05) is 0 Å². The smallest absolute Gasteiger partial charge is 0.412 e. The van der Waals surface area contributed by atoms with Crippen LogP contribution in [-0.2, 0) is 4.74 Å². The monoisotopic (exact) mass is 323 g/mol. The first-order chi connectivity index (χ1) is 10.8. The van der Waals surface area contributed by atoms with E-state index in [4.69, 9.17) is 4.74 Å². The van der Waals surface area contributed by atoms with Gasteiger partial charge in [0.25, 0.3) is 0 Å². The Morgan fingerprint density at radius 2 is 2.09 bits per heavy atom. The maximum absolute atomic E-state index is 14.0. The predicted molar refractivity (Wildman–Crippen MR) is 90.4 cm³/mol. The van der Waals surface area contributed by atoms with E-state index < -0.39 is 11.7 Å². The van der Waals surface area contributed by atoms with Crippen molar-refractivity contribution in [2.75, 3.05) is 23.7 Å². The SMILES string of the molecule is CC(C)(C)OC(=O)Nc1ccc(F)c(NC2CCCNCC2)c1. The Kier molecular flexibility index (Phi) is 5.82. The molecule has 3 N–H and O–H groups in total. The number of carbonyl (C=O) groups is 1. The van der Waals surface area contributed by atoms with Gasteiger partial charge >= 0.3 is 6.09 Å². The molecule has 1 aromatic rings. The second-order valence-electron chi connectivity index (χ2n) is 6.84. The molecule has 0 aromatic heterocycles. The molecule has 128 valence electrons. The summed E-state index contributed by atoms with van der Waals surface area (Å²) in [5.41, 5.74) is 0.346. The molecule has 1 saturated heterocycles. The number of halogens is 1. The van der Waals surface area contributed by atoms with Crippen LogP contribution >= 0.6 is 0 Å². The molecule has 1 heterocycles. The van der Waals surface area contributed by atoms with E-state index in [0.717, 1.165) is 32.4 Å². The number of hydrogen-bond acceptors (Lipinski definition) is 4. The van der Waals surface area contributed by atoms with Crippen molar-refractivity contribution in [2.45, 2.75) is 51.7 Å². The zero-order valence-corrected chi connectivity index (χ0v) is 14.0. The summed E-state index contributed by atoms with van der Waals surface area (Å²) in [5.74, 6) is -0.322. The largest absolute Gasteiger partial charge is 0.444 e. The number of anilines is 2. The number of rotatable bonds is 3. The lowest BCUT2D eigenvalue weighted by molar-refractivity contribution is 0.0636. The average molecular weight is 323 g/mol. The van der Waals surface area contributed by atoms with Gasteiger partial charge in [0.2, 0.25) is 0 Å². The van der Waals surface area contributed by atoms with Crippen LogP contribution in [0.5, 0.6) is 0 Å². The molecule has 0 aliphatic carbocycles. The fourth-order valence-corrected chi connectivity index (χ4v) is 2.52. The van der Waals surface area contributed by atoms with Crippen LogP contribution in [0, 0.1) is 5.82 Å². The van der Waals surface area contributed by atoms with Gasteiger partial charge in [0, 0.05) is 11.7 Å². The van der Waals surface area contributed by atoms with Crippen LogP contribution in [0.3, 0.4) is 0 Å². The second-order valence-corrected chi connectivity index (χ2v) is 6.84. The first-order valence-electron chi connectivity index (χ1n) is 8.10. The molecule has 0 radical (unpaired) electrons. The minimum atomic E-state index is -0.571. The Bertz CT molecular complexity index is 535. The zero-order chi connectivity index (χ0) is 16.9. The van der Waals surface area contributed by atoms with Crippen LogP contribution in [-0.4, -0.2) is 30.8 Å². The summed E-state index contributed by atoms with van der Waals surface area (Å²) >= 11 is 0. The van der Waals surface area contributed by atoms with Crippen molar-refractivity contribution >= 4 is 17.5 Å². The Balaban J connectivity index is 2.01. The molecule has 1 amide bonds. The Morgan fingerprint density at radius 1 is 1.30 bits per heavy atom. The Hall–Kier alpha value is -1.82. The van der Waals surface area contributed by atoms with Crippen molar-refractivity contribution in [1.29, 1.82) is 0 Å². The van der Waals surface area contributed by atoms with Gasteiger partial charge in [-0.3, -0.25) is 5.32 Å². The maximum Gasteiger partial charge on any atom is 0.412 e. The molecule has 0 bridgehead atoms. The second kappa shape index (κ2) is 7.64. The third-order valence-electron chi connectivity index (χ3n) is 3.55. The lowest BCUT2D eigenvalue weighted by Gasteiger charge is -2.21. The van der Waals surface area contributed by atoms with Gasteiger partial charge < -0.3 is 15.4 Å². The summed E-state index contributed by atoms with van der Waals surface area (Å²) in [5, 5.41) is 9.21. The first-order valence-corrected chi connectivity index (χ1v) is 8.10. The van der Waals surface area contributed by atoms with Gasteiger partial charge in [-0.15, -0.1) is 0 Å². The van der Waals surface area contributed by atoms with Crippen LogP contribution in [0.15, 0.2) is 18.2 Å². The topological polar surface area (TPSA) is 62.4 Å². The minimum absolute atomic E-state index is 0.233. The van der Waals surface area contributed by atoms with Crippen molar-refractivity contribution in [3.8, 4) is 0 Å². The molecule has 6 heteroatoms. The van der Waals surface area contributed by atoms with Gasteiger partial charge in [-0.05, 0) is 71.3 Å². The molecule has 0 spiro atoms. The lowest BCUT2D eigenvalue weighted by atomic mass is 10.1. The van der Waals surface area contributed by atoms with E-state index in [9.17, 15) is 9.18 Å². The molecular weight excluding hydrogens is 297 g/mol. The van der Waals surface area contributed by atoms with Crippen LogP contribution in [0.4, 0.5) is 20.6 Å². The van der Waals surface area contributed by atoms with Gasteiger partial charge in [-0.25, -0.2) is 9.18 Å². The highest BCUT2D eigenvalue weighted by Gasteiger charge is 2.17. The van der Waals surface area contributed by atoms with Gasteiger partial charge in [-0.2, -0.15) is 0 Å². The number of hydrogen-bond donors (Lipinski definition) is 3. The van der Waals surface area contributed by atoms with Gasteiger partial charge in [0.05, 0.1) is 5.69 Å². The predicted octanol–water partition coefficient (Wildman–Crippen LogP) is 3.73. The molecule has 2 rings (SSSR count). The molecule has 5 nitrogen and oxygen atoms in total. The summed E-state index contributed by atoms with van der Waals surface area (Å²) in [6.07, 6.45) is 2.46. The molecule has 0 saturated carbocycles. The number of benzene rings is 1. The molecule has 1 atom stereocenters. The van der Waals surface area contributed by atoms with E-state index in [-0.39, 0.29) is 11.9 Å². The van der Waals surface area contributed by atoms with Crippen LogP contribution in [0.1, 0.15) is 40.0 Å². The summed E-state index contributed by atoms with van der Waals surface area (Å²) < 4.78 is 19.2. The molecule has 1 aromatic carbocycles. The lowest BCUT2D eigenvalue weighted by Crippen LogP contribution is -2.27. The van der Waals surface area contributed by atoms with Crippen LogP contribution in [0.25, 0.3) is 0 Å². The molecule has 1 aliphatic heterocycles. The summed E-state index contributed by atoms with van der Waals surface area (Å²) in [4.78, 5) is 11.8. The van der Waals surface area contributed by atoms with E-state index in [1.165, 1.54) is 12.1 Å². The summed E-state index contributed by atoms with van der Waals surface area (Å²) in [6, 6.07) is 4.72. The number of nitrogens with one attached hydrogen (secondary N) is 3. The van der Waals surface area contributed by atoms with Crippen LogP contribution < -0.4 is 16.0 Å². The summed E-state index contributed by atoms with van der Waals surface area (Å²) in [6.45, 7) is 7.31. The third kappa shape index (κ3) is 6.06. The van der Waals surface area contributed by atoms with Crippen molar-refractivity contribution < 1.29 is 13.9 Å². The molecule has 1 unspecified atom stereocenters. The molecule has 1 fully saturated rings. The van der Waals surface area contributed by atoms with E-state index in [0.29, 0.717) is 11.4 Å². The Labute approximate surface area is 137 Å². The van der Waals surface area contributed by atoms with E-state index in [2.05, 4.69) is 16.0 Å². The van der Waals surface area contributed by atoms with Crippen LogP contribution in [0.2, 0.25) is 0 Å². The van der Waals surface area contributed by atoms with E-state index >= 15 is 0 Å². The zero-order valence-electron chi connectivity index (χ0n) is 14.0. The number of carbonyl (C=O) groups excluding carboxylic acids is 1. The van der Waals surface area contributed by atoms with E-state index in [1.54, 1.807) is 26.8 Å². The fraction of sp³-hybridized carbons (Fsp3) is 0.588. The molecular formula is C17H26FN3O2. The third-order valence-corrected chi connectivity index (χ3v) is 3.55. The molecule has 23 heavy (non-hydrogen) atoms. The standard InChI is InChI=1S/C17H26FN3O2/c1-17(2,3)23-16(22)21-13-6-7-14(18)15(11-13)20-12-5-4-9-19-10-8-12/h6-7,11-12,19-20H,4-5,8-10H2,1-3H3,(H,21,22). The Morgan fingerprint density at radius 3 is 2.83 bits per heavy atom. The fourth-order valence-electron chi connectivity index (χ4n) is 2.52. The van der Waals surface area contributed by atoms with Crippen molar-refractivity contribution in [3.05, 3.63) is 24.0 Å². The maximum atomic E-state index is 14.0. The van der Waals surface area contributed by atoms with Crippen molar-refractivity contribution in [3.63, 3.8) is 0 Å². The van der Waals surface area contributed by atoms with Crippen molar-refractivity contribution in [2.24, 2.45) is 0 Å². The minimum Gasteiger partial charge on any atom is -0.444 e. The quantitative estimate of drug-likeness (QED) is 0.793. The van der Waals surface area contributed by atoms with Gasteiger partial charge in [0.1, 0.15) is 11.4 Å². The normalized spacial score (nSPS) is 18.9. The van der Waals surface area contributed by atoms with E-state index in [1.807, 2.05) is 0 Å². The number of amides is 1. The highest BCUT2D eigenvalue weighted by atomic mass is 19.1. The highest BCUT2D eigenvalue weighted by Crippen LogP contribution is 2.23. The highest BCUT2D eigenvalue weighted by molar-refractivity contribution is 5.85.